The first kappa shape index (κ1) is 23.0. The zero-order chi connectivity index (χ0) is 24.6. The molecule has 0 N–H and O–H groups in total. The van der Waals surface area contributed by atoms with Gasteiger partial charge in [0.25, 0.3) is 5.91 Å². The molecule has 5 rings (SSSR count). The molecule has 0 atom stereocenters. The van der Waals surface area contributed by atoms with E-state index in [1.54, 1.807) is 17.0 Å². The molecule has 180 valence electrons. The number of piperazine rings is 1. The fraction of sp³-hybridized carbons (Fsp3) is 0.269. The highest BCUT2D eigenvalue weighted by atomic mass is 19.4. The highest BCUT2D eigenvalue weighted by Crippen LogP contribution is 2.33. The van der Waals surface area contributed by atoms with Gasteiger partial charge in [-0.2, -0.15) is 18.3 Å². The molecule has 6 nitrogen and oxygen atoms in total. The summed E-state index contributed by atoms with van der Waals surface area (Å²) in [6, 6.07) is 18.1. The van der Waals surface area contributed by atoms with Gasteiger partial charge in [0.15, 0.2) is 11.3 Å². The van der Waals surface area contributed by atoms with Crippen LogP contribution in [0, 0.1) is 6.92 Å². The van der Waals surface area contributed by atoms with Gasteiger partial charge in [0, 0.05) is 38.3 Å². The minimum Gasteiger partial charge on any atom is -0.336 e. The molecular formula is C26H24F3N5O. The molecule has 0 aliphatic carbocycles. The number of fused-ring (bicyclic) bond motifs is 1. The molecule has 1 aliphatic heterocycles. The van der Waals surface area contributed by atoms with Crippen molar-refractivity contribution in [2.24, 2.45) is 0 Å². The highest BCUT2D eigenvalue weighted by Gasteiger charge is 2.36. The van der Waals surface area contributed by atoms with E-state index >= 15 is 0 Å². The summed E-state index contributed by atoms with van der Waals surface area (Å²) in [7, 11) is 0. The molecule has 1 fully saturated rings. The third kappa shape index (κ3) is 4.77. The van der Waals surface area contributed by atoms with E-state index in [0.717, 1.165) is 22.7 Å². The number of aromatic nitrogens is 3. The van der Waals surface area contributed by atoms with Crippen LogP contribution in [0.5, 0.6) is 0 Å². The molecule has 3 heterocycles. The van der Waals surface area contributed by atoms with Gasteiger partial charge in [0.05, 0.1) is 11.9 Å². The standard InChI is InChI=1S/C26H24F3N5O/c1-18-7-9-20(10-8-18)22-15-23(26(27,28)29)34-24(31-22)21(16-30-34)25(35)33-13-11-32(12-14-33)17-19-5-3-2-4-6-19/h2-10,15-16H,11-14,17H2,1H3. The molecule has 1 aliphatic rings. The number of carbonyl (C=O) groups is 1. The SMILES string of the molecule is Cc1ccc(-c2cc(C(F)(F)F)n3ncc(C(=O)N4CCN(Cc5ccccc5)CC4)c3n2)cc1. The number of aryl methyl sites for hydroxylation is 1. The summed E-state index contributed by atoms with van der Waals surface area (Å²) in [4.78, 5) is 21.7. The summed E-state index contributed by atoms with van der Waals surface area (Å²) in [6.07, 6.45) is -3.47. The van der Waals surface area contributed by atoms with Crippen molar-refractivity contribution in [3.63, 3.8) is 0 Å². The Balaban J connectivity index is 1.42. The maximum absolute atomic E-state index is 13.9. The molecule has 2 aromatic heterocycles. The van der Waals surface area contributed by atoms with Crippen LogP contribution in [0.3, 0.4) is 0 Å². The zero-order valence-corrected chi connectivity index (χ0v) is 19.2. The van der Waals surface area contributed by atoms with E-state index in [-0.39, 0.29) is 22.8 Å². The Bertz CT molecular complexity index is 1340. The van der Waals surface area contributed by atoms with E-state index < -0.39 is 11.9 Å². The van der Waals surface area contributed by atoms with Crippen LogP contribution in [-0.4, -0.2) is 56.5 Å². The summed E-state index contributed by atoms with van der Waals surface area (Å²) in [5.41, 5.74) is 1.88. The Hall–Kier alpha value is -3.72. The lowest BCUT2D eigenvalue weighted by molar-refractivity contribution is -0.142. The summed E-state index contributed by atoms with van der Waals surface area (Å²) in [5.74, 6) is -0.360. The van der Waals surface area contributed by atoms with Gasteiger partial charge in [0.1, 0.15) is 5.56 Å². The topological polar surface area (TPSA) is 53.7 Å². The van der Waals surface area contributed by atoms with Crippen molar-refractivity contribution in [1.29, 1.82) is 0 Å². The number of carbonyl (C=O) groups excluding carboxylic acids is 1. The third-order valence-corrected chi connectivity index (χ3v) is 6.25. The second kappa shape index (κ2) is 9.14. The van der Waals surface area contributed by atoms with Gasteiger partial charge in [-0.25, -0.2) is 9.50 Å². The molecule has 0 radical (unpaired) electrons. The number of amides is 1. The van der Waals surface area contributed by atoms with Crippen molar-refractivity contribution >= 4 is 11.6 Å². The first-order valence-electron chi connectivity index (χ1n) is 11.4. The normalized spacial score (nSPS) is 15.0. The first-order chi connectivity index (χ1) is 16.8. The van der Waals surface area contributed by atoms with E-state index in [1.165, 1.54) is 11.8 Å². The van der Waals surface area contributed by atoms with Gasteiger partial charge in [0.2, 0.25) is 0 Å². The molecule has 4 aromatic rings. The average molecular weight is 480 g/mol. The van der Waals surface area contributed by atoms with Crippen LogP contribution in [0.2, 0.25) is 0 Å². The Morgan fingerprint density at radius 2 is 1.66 bits per heavy atom. The van der Waals surface area contributed by atoms with Crippen LogP contribution in [-0.2, 0) is 12.7 Å². The number of benzene rings is 2. The van der Waals surface area contributed by atoms with Gasteiger partial charge < -0.3 is 4.90 Å². The van der Waals surface area contributed by atoms with Gasteiger partial charge in [-0.15, -0.1) is 0 Å². The Morgan fingerprint density at radius 3 is 2.31 bits per heavy atom. The highest BCUT2D eigenvalue weighted by molar-refractivity contribution is 6.00. The fourth-order valence-electron chi connectivity index (χ4n) is 4.31. The van der Waals surface area contributed by atoms with Gasteiger partial charge in [-0.05, 0) is 18.6 Å². The molecule has 2 aromatic carbocycles. The van der Waals surface area contributed by atoms with E-state index in [2.05, 4.69) is 27.1 Å². The minimum atomic E-state index is -4.66. The van der Waals surface area contributed by atoms with Gasteiger partial charge in [-0.1, -0.05) is 60.2 Å². The zero-order valence-electron chi connectivity index (χ0n) is 19.2. The minimum absolute atomic E-state index is 0.0703. The first-order valence-corrected chi connectivity index (χ1v) is 11.4. The molecule has 9 heteroatoms. The molecule has 1 amide bonds. The Morgan fingerprint density at radius 1 is 0.971 bits per heavy atom. The third-order valence-electron chi connectivity index (χ3n) is 6.25. The largest absolute Gasteiger partial charge is 0.433 e. The number of alkyl halides is 3. The van der Waals surface area contributed by atoms with E-state index in [0.29, 0.717) is 31.7 Å². The van der Waals surface area contributed by atoms with Crippen LogP contribution >= 0.6 is 0 Å². The number of rotatable bonds is 4. The summed E-state index contributed by atoms with van der Waals surface area (Å²) in [6.45, 7) is 5.00. The monoisotopic (exact) mass is 479 g/mol. The smallest absolute Gasteiger partial charge is 0.336 e. The Kier molecular flexibility index (Phi) is 6.02. The predicted octanol–water partition coefficient (Wildman–Crippen LogP) is 4.68. The molecule has 0 spiro atoms. The maximum Gasteiger partial charge on any atom is 0.433 e. The van der Waals surface area contributed by atoms with Crippen LogP contribution in [0.15, 0.2) is 66.9 Å². The number of hydrogen-bond acceptors (Lipinski definition) is 4. The van der Waals surface area contributed by atoms with Crippen molar-refractivity contribution in [3.8, 4) is 11.3 Å². The second-order valence-corrected chi connectivity index (χ2v) is 8.74. The maximum atomic E-state index is 13.9. The fourth-order valence-corrected chi connectivity index (χ4v) is 4.31. The van der Waals surface area contributed by atoms with Gasteiger partial charge in [-0.3, -0.25) is 9.69 Å². The lowest BCUT2D eigenvalue weighted by atomic mass is 10.1. The van der Waals surface area contributed by atoms with Crippen LogP contribution in [0.25, 0.3) is 16.9 Å². The van der Waals surface area contributed by atoms with Crippen molar-refractivity contribution in [1.82, 2.24) is 24.4 Å². The van der Waals surface area contributed by atoms with E-state index in [1.807, 2.05) is 37.3 Å². The molecule has 1 saturated heterocycles. The quantitative estimate of drug-likeness (QED) is 0.427. The van der Waals surface area contributed by atoms with Crippen molar-refractivity contribution in [3.05, 3.63) is 89.2 Å². The average Bonchev–Trinajstić information content (AvgIpc) is 3.28. The van der Waals surface area contributed by atoms with E-state index in [4.69, 9.17) is 0 Å². The lowest BCUT2D eigenvalue weighted by Crippen LogP contribution is -2.48. The van der Waals surface area contributed by atoms with E-state index in [9.17, 15) is 18.0 Å². The molecule has 35 heavy (non-hydrogen) atoms. The number of nitrogens with zero attached hydrogens (tertiary/aromatic N) is 5. The number of hydrogen-bond donors (Lipinski definition) is 0. The summed E-state index contributed by atoms with van der Waals surface area (Å²) >= 11 is 0. The second-order valence-electron chi connectivity index (χ2n) is 8.74. The summed E-state index contributed by atoms with van der Waals surface area (Å²) in [5, 5.41) is 3.90. The van der Waals surface area contributed by atoms with Crippen molar-refractivity contribution in [2.45, 2.75) is 19.6 Å². The molecular weight excluding hydrogens is 455 g/mol. The molecule has 0 saturated carbocycles. The lowest BCUT2D eigenvalue weighted by Gasteiger charge is -2.34. The number of halogens is 3. The van der Waals surface area contributed by atoms with Crippen molar-refractivity contribution in [2.75, 3.05) is 26.2 Å². The van der Waals surface area contributed by atoms with Gasteiger partial charge >= 0.3 is 6.18 Å². The Labute approximate surface area is 200 Å². The van der Waals surface area contributed by atoms with Crippen LogP contribution < -0.4 is 0 Å². The molecule has 0 bridgehead atoms. The van der Waals surface area contributed by atoms with Crippen molar-refractivity contribution < 1.29 is 18.0 Å². The predicted molar refractivity (Wildman–Crippen MR) is 126 cm³/mol. The molecule has 0 unspecified atom stereocenters. The van der Waals surface area contributed by atoms with Crippen LogP contribution in [0.1, 0.15) is 27.2 Å². The summed E-state index contributed by atoms with van der Waals surface area (Å²) < 4.78 is 42.3. The van der Waals surface area contributed by atoms with Crippen LogP contribution in [0.4, 0.5) is 13.2 Å².